The van der Waals surface area contributed by atoms with Crippen LogP contribution in [-0.4, -0.2) is 48.1 Å². The van der Waals surface area contributed by atoms with Crippen molar-refractivity contribution in [3.8, 4) is 11.1 Å². The van der Waals surface area contributed by atoms with Crippen molar-refractivity contribution >= 4 is 39.1 Å². The van der Waals surface area contributed by atoms with Crippen LogP contribution >= 0.6 is 22.9 Å². The van der Waals surface area contributed by atoms with Gasteiger partial charge in [0.2, 0.25) is 5.95 Å². The van der Waals surface area contributed by atoms with E-state index in [-0.39, 0.29) is 5.56 Å². The summed E-state index contributed by atoms with van der Waals surface area (Å²) in [5.41, 5.74) is 1.80. The van der Waals surface area contributed by atoms with Gasteiger partial charge in [0.05, 0.1) is 5.39 Å². The van der Waals surface area contributed by atoms with Gasteiger partial charge in [-0.1, -0.05) is 23.7 Å². The molecule has 0 amide bonds. The third-order valence-corrected chi connectivity index (χ3v) is 5.51. The molecule has 3 aromatic rings. The lowest BCUT2D eigenvalue weighted by molar-refractivity contribution is 0.311. The van der Waals surface area contributed by atoms with Crippen molar-refractivity contribution in [1.29, 1.82) is 0 Å². The molecule has 5 nitrogen and oxygen atoms in total. The largest absolute Gasteiger partial charge is 0.340 e. The SMILES string of the molecule is CN1CCN(c2nc3scc(-c4ccc(Cl)cc4)c3c(=O)[nH]2)CC1. The number of hydrogen-bond acceptors (Lipinski definition) is 5. The summed E-state index contributed by atoms with van der Waals surface area (Å²) in [7, 11) is 2.11. The number of nitrogens with zero attached hydrogens (tertiary/aromatic N) is 3. The summed E-state index contributed by atoms with van der Waals surface area (Å²) < 4.78 is 0. The van der Waals surface area contributed by atoms with Crippen molar-refractivity contribution in [2.24, 2.45) is 0 Å². The van der Waals surface area contributed by atoms with E-state index in [1.165, 1.54) is 11.3 Å². The lowest BCUT2D eigenvalue weighted by Gasteiger charge is -2.32. The summed E-state index contributed by atoms with van der Waals surface area (Å²) in [6.45, 7) is 3.70. The first-order valence-corrected chi connectivity index (χ1v) is 9.08. The molecule has 0 atom stereocenters. The maximum Gasteiger partial charge on any atom is 0.261 e. The molecule has 7 heteroatoms. The molecule has 0 radical (unpaired) electrons. The molecule has 2 aromatic heterocycles. The van der Waals surface area contributed by atoms with Crippen molar-refractivity contribution < 1.29 is 0 Å². The quantitative estimate of drug-likeness (QED) is 0.763. The van der Waals surface area contributed by atoms with E-state index in [9.17, 15) is 4.79 Å². The van der Waals surface area contributed by atoms with E-state index in [1.807, 2.05) is 29.6 Å². The van der Waals surface area contributed by atoms with Gasteiger partial charge in [-0.05, 0) is 24.7 Å². The highest BCUT2D eigenvalue weighted by molar-refractivity contribution is 7.17. The fourth-order valence-electron chi connectivity index (χ4n) is 2.95. The zero-order chi connectivity index (χ0) is 16.7. The minimum atomic E-state index is -0.0832. The Morgan fingerprint density at radius 1 is 1.17 bits per heavy atom. The number of H-pyrrole nitrogens is 1. The van der Waals surface area contributed by atoms with Crippen LogP contribution in [0.3, 0.4) is 0 Å². The van der Waals surface area contributed by atoms with Gasteiger partial charge in [0.1, 0.15) is 4.83 Å². The van der Waals surface area contributed by atoms with Gasteiger partial charge < -0.3 is 9.80 Å². The third-order valence-electron chi connectivity index (χ3n) is 4.39. The second-order valence-corrected chi connectivity index (χ2v) is 7.31. The highest BCUT2D eigenvalue weighted by Gasteiger charge is 2.19. The third kappa shape index (κ3) is 2.81. The Balaban J connectivity index is 1.76. The van der Waals surface area contributed by atoms with Gasteiger partial charge in [0, 0.05) is 42.1 Å². The molecule has 1 N–H and O–H groups in total. The fraction of sp³-hybridized carbons (Fsp3) is 0.294. The van der Waals surface area contributed by atoms with Crippen molar-refractivity contribution in [2.45, 2.75) is 0 Å². The Kier molecular flexibility index (Phi) is 4.04. The molecule has 3 heterocycles. The van der Waals surface area contributed by atoms with E-state index in [0.717, 1.165) is 42.1 Å². The molecule has 0 spiro atoms. The van der Waals surface area contributed by atoms with E-state index < -0.39 is 0 Å². The molecule has 1 aliphatic heterocycles. The molecular formula is C17H17ClN4OS. The van der Waals surface area contributed by atoms with Crippen LogP contribution in [0.1, 0.15) is 0 Å². The Morgan fingerprint density at radius 2 is 1.88 bits per heavy atom. The number of fused-ring (bicyclic) bond motifs is 1. The summed E-state index contributed by atoms with van der Waals surface area (Å²) in [6, 6.07) is 7.52. The first-order chi connectivity index (χ1) is 11.6. The van der Waals surface area contributed by atoms with Crippen molar-refractivity contribution in [3.63, 3.8) is 0 Å². The number of benzene rings is 1. The number of anilines is 1. The van der Waals surface area contributed by atoms with E-state index in [4.69, 9.17) is 16.6 Å². The fourth-order valence-corrected chi connectivity index (χ4v) is 4.02. The zero-order valence-electron chi connectivity index (χ0n) is 13.3. The molecule has 24 heavy (non-hydrogen) atoms. The number of aromatic amines is 1. The van der Waals surface area contributed by atoms with Crippen LogP contribution in [0.15, 0.2) is 34.4 Å². The Hall–Kier alpha value is -1.89. The molecule has 0 saturated carbocycles. The van der Waals surface area contributed by atoms with Crippen molar-refractivity contribution in [2.75, 3.05) is 38.1 Å². The molecule has 1 fully saturated rings. The molecular weight excluding hydrogens is 344 g/mol. The number of likely N-dealkylation sites (N-methyl/N-ethyl adjacent to an activating group) is 1. The molecule has 0 bridgehead atoms. The van der Waals surface area contributed by atoms with Gasteiger partial charge in [0.25, 0.3) is 5.56 Å². The van der Waals surface area contributed by atoms with Crippen LogP contribution in [0.25, 0.3) is 21.3 Å². The standard InChI is InChI=1S/C17H17ClN4OS/c1-21-6-8-22(9-7-21)17-19-15(23)14-13(10-24-16(14)20-17)11-2-4-12(18)5-3-11/h2-5,10H,6-9H2,1H3,(H,19,20,23). The van der Waals surface area contributed by atoms with Gasteiger partial charge in [-0.25, -0.2) is 4.98 Å². The predicted octanol–water partition coefficient (Wildman–Crippen LogP) is 3.06. The highest BCUT2D eigenvalue weighted by atomic mass is 35.5. The summed E-state index contributed by atoms with van der Waals surface area (Å²) in [6.07, 6.45) is 0. The summed E-state index contributed by atoms with van der Waals surface area (Å²) in [5, 5.41) is 3.33. The van der Waals surface area contributed by atoms with Gasteiger partial charge >= 0.3 is 0 Å². The summed E-state index contributed by atoms with van der Waals surface area (Å²) in [4.78, 5) is 25.5. The zero-order valence-corrected chi connectivity index (χ0v) is 14.8. The minimum Gasteiger partial charge on any atom is -0.340 e. The van der Waals surface area contributed by atoms with Gasteiger partial charge in [-0.15, -0.1) is 11.3 Å². The topological polar surface area (TPSA) is 52.2 Å². The average Bonchev–Trinajstić information content (AvgIpc) is 3.01. The highest BCUT2D eigenvalue weighted by Crippen LogP contribution is 2.32. The van der Waals surface area contributed by atoms with Gasteiger partial charge in [0.15, 0.2) is 0 Å². The maximum absolute atomic E-state index is 12.7. The number of aromatic nitrogens is 2. The van der Waals surface area contributed by atoms with Crippen molar-refractivity contribution in [3.05, 3.63) is 45.0 Å². The monoisotopic (exact) mass is 360 g/mol. The van der Waals surface area contributed by atoms with E-state index in [0.29, 0.717) is 16.4 Å². The minimum absolute atomic E-state index is 0.0832. The second-order valence-electron chi connectivity index (χ2n) is 6.02. The predicted molar refractivity (Wildman–Crippen MR) is 100 cm³/mol. The molecule has 1 saturated heterocycles. The average molecular weight is 361 g/mol. The van der Waals surface area contributed by atoms with Crippen LogP contribution in [0.2, 0.25) is 5.02 Å². The van der Waals surface area contributed by atoms with Crippen molar-refractivity contribution in [1.82, 2.24) is 14.9 Å². The number of piperazine rings is 1. The lowest BCUT2D eigenvalue weighted by Crippen LogP contribution is -2.45. The molecule has 0 unspecified atom stereocenters. The smallest absolute Gasteiger partial charge is 0.261 e. The first kappa shape index (κ1) is 15.6. The van der Waals surface area contributed by atoms with Gasteiger partial charge in [-0.2, -0.15) is 0 Å². The number of thiophene rings is 1. The second kappa shape index (κ2) is 6.20. The lowest BCUT2D eigenvalue weighted by atomic mass is 10.1. The van der Waals surface area contributed by atoms with E-state index in [2.05, 4.69) is 21.8 Å². The molecule has 1 aromatic carbocycles. The first-order valence-electron chi connectivity index (χ1n) is 7.83. The van der Waals surface area contributed by atoms with Crippen LogP contribution in [0, 0.1) is 0 Å². The summed E-state index contributed by atoms with van der Waals surface area (Å²) >= 11 is 7.46. The number of halogens is 1. The van der Waals surface area contributed by atoms with Crippen LogP contribution in [0.5, 0.6) is 0 Å². The number of nitrogens with one attached hydrogen (secondary N) is 1. The van der Waals surface area contributed by atoms with E-state index >= 15 is 0 Å². The molecule has 1 aliphatic rings. The van der Waals surface area contributed by atoms with E-state index in [1.54, 1.807) is 0 Å². The normalized spacial score (nSPS) is 16.0. The maximum atomic E-state index is 12.7. The summed E-state index contributed by atoms with van der Waals surface area (Å²) in [5.74, 6) is 0.671. The van der Waals surface area contributed by atoms with Crippen LogP contribution < -0.4 is 10.5 Å². The number of rotatable bonds is 2. The Bertz CT molecular complexity index is 926. The van der Waals surface area contributed by atoms with Gasteiger partial charge in [-0.3, -0.25) is 9.78 Å². The Labute approximate surface area is 148 Å². The molecule has 0 aliphatic carbocycles. The number of hydrogen-bond donors (Lipinski definition) is 1. The molecule has 4 rings (SSSR count). The van der Waals surface area contributed by atoms with Crippen LogP contribution in [-0.2, 0) is 0 Å². The Morgan fingerprint density at radius 3 is 2.58 bits per heavy atom. The molecule has 124 valence electrons. The van der Waals surface area contributed by atoms with Crippen LogP contribution in [0.4, 0.5) is 5.95 Å².